The summed E-state index contributed by atoms with van der Waals surface area (Å²) in [6.45, 7) is -1.66. The lowest BCUT2D eigenvalue weighted by atomic mass is 10.1. The van der Waals surface area contributed by atoms with Crippen LogP contribution in [0.4, 0.5) is 0 Å². The molecule has 0 aliphatic rings. The summed E-state index contributed by atoms with van der Waals surface area (Å²) >= 11 is 0. The topological polar surface area (TPSA) is 257 Å². The average Bonchev–Trinajstić information content (AvgIpc) is 3.22. The fourth-order valence-electron chi connectivity index (χ4n) is 2.30. The molecule has 0 fully saturated rings. The number of nitrogens with zero attached hydrogens (tertiary/aromatic N) is 1. The molecule has 1 heterocycles. The Morgan fingerprint density at radius 2 is 1.52 bits per heavy atom. The number of H-pyrrole nitrogens is 1. The number of carboxylic acids is 2. The SMILES string of the molecule is NC(CO)C(=O)NC(CO)C(=O)NC(CC(=O)O)C(=O)NC(Cc1cnc[nH]1)C(=O)O. The second-order valence-electron chi connectivity index (χ2n) is 6.37. The Balaban J connectivity index is 2.88. The Morgan fingerprint density at radius 1 is 0.935 bits per heavy atom. The van der Waals surface area contributed by atoms with E-state index in [-0.39, 0.29) is 6.42 Å². The summed E-state index contributed by atoms with van der Waals surface area (Å²) in [5, 5.41) is 42.7. The fourth-order valence-corrected chi connectivity index (χ4v) is 2.30. The van der Waals surface area contributed by atoms with Crippen LogP contribution in [-0.4, -0.2) is 97.4 Å². The molecule has 0 aromatic carbocycles. The normalized spacial score (nSPS) is 14.5. The molecule has 0 saturated carbocycles. The third-order valence-electron chi connectivity index (χ3n) is 3.95. The summed E-state index contributed by atoms with van der Waals surface area (Å²) in [6.07, 6.45) is 1.54. The number of amides is 3. The highest BCUT2D eigenvalue weighted by Gasteiger charge is 2.31. The summed E-state index contributed by atoms with van der Waals surface area (Å²) in [5.41, 5.74) is 5.68. The van der Waals surface area contributed by atoms with Gasteiger partial charge in [-0.25, -0.2) is 9.78 Å². The van der Waals surface area contributed by atoms with Crippen molar-refractivity contribution in [1.29, 1.82) is 0 Å². The van der Waals surface area contributed by atoms with Crippen molar-refractivity contribution in [3.8, 4) is 0 Å². The van der Waals surface area contributed by atoms with Crippen LogP contribution in [0.2, 0.25) is 0 Å². The van der Waals surface area contributed by atoms with E-state index in [9.17, 15) is 34.2 Å². The lowest BCUT2D eigenvalue weighted by Crippen LogP contribution is -2.58. The molecule has 0 spiro atoms. The number of imidazole rings is 1. The van der Waals surface area contributed by atoms with Crippen LogP contribution >= 0.6 is 0 Å². The van der Waals surface area contributed by atoms with Gasteiger partial charge in [-0.05, 0) is 0 Å². The van der Waals surface area contributed by atoms with E-state index in [0.29, 0.717) is 5.69 Å². The van der Waals surface area contributed by atoms with Crippen LogP contribution < -0.4 is 21.7 Å². The van der Waals surface area contributed by atoms with Gasteiger partial charge in [-0.1, -0.05) is 0 Å². The van der Waals surface area contributed by atoms with E-state index in [1.54, 1.807) is 0 Å². The minimum atomic E-state index is -1.72. The predicted molar refractivity (Wildman–Crippen MR) is 100 cm³/mol. The molecular formula is C16H24N6O9. The molecule has 3 amide bonds. The van der Waals surface area contributed by atoms with Crippen LogP contribution in [0, 0.1) is 0 Å². The Labute approximate surface area is 175 Å². The molecular weight excluding hydrogens is 420 g/mol. The number of hydrogen-bond donors (Lipinski definition) is 9. The molecule has 172 valence electrons. The molecule has 4 unspecified atom stereocenters. The van der Waals surface area contributed by atoms with E-state index in [2.05, 4.69) is 15.3 Å². The summed E-state index contributed by atoms with van der Waals surface area (Å²) < 4.78 is 0. The number of hydrogen-bond acceptors (Lipinski definition) is 9. The Hall–Kier alpha value is -3.56. The third kappa shape index (κ3) is 8.37. The quantitative estimate of drug-likeness (QED) is 0.139. The number of aliphatic hydroxyl groups excluding tert-OH is 2. The number of rotatable bonds is 13. The van der Waals surface area contributed by atoms with Crippen molar-refractivity contribution >= 4 is 29.7 Å². The van der Waals surface area contributed by atoms with Gasteiger partial charge >= 0.3 is 11.9 Å². The zero-order valence-corrected chi connectivity index (χ0v) is 16.1. The number of carboxylic acid groups (broad SMARTS) is 2. The zero-order chi connectivity index (χ0) is 23.6. The van der Waals surface area contributed by atoms with Crippen molar-refractivity contribution in [2.24, 2.45) is 5.73 Å². The smallest absolute Gasteiger partial charge is 0.326 e. The van der Waals surface area contributed by atoms with E-state index in [1.165, 1.54) is 12.5 Å². The van der Waals surface area contributed by atoms with Crippen LogP contribution in [0.15, 0.2) is 12.5 Å². The molecule has 10 N–H and O–H groups in total. The van der Waals surface area contributed by atoms with Crippen molar-refractivity contribution in [3.63, 3.8) is 0 Å². The second-order valence-corrected chi connectivity index (χ2v) is 6.37. The Kier molecular flexibility index (Phi) is 10.0. The molecule has 1 aromatic heterocycles. The maximum absolute atomic E-state index is 12.5. The molecule has 31 heavy (non-hydrogen) atoms. The molecule has 1 aromatic rings. The van der Waals surface area contributed by atoms with Crippen LogP contribution in [0.3, 0.4) is 0 Å². The predicted octanol–water partition coefficient (Wildman–Crippen LogP) is -4.72. The van der Waals surface area contributed by atoms with Crippen LogP contribution in [0.5, 0.6) is 0 Å². The first-order valence-electron chi connectivity index (χ1n) is 8.89. The number of nitrogens with one attached hydrogen (secondary N) is 4. The van der Waals surface area contributed by atoms with Gasteiger partial charge in [0.2, 0.25) is 17.7 Å². The van der Waals surface area contributed by atoms with E-state index < -0.39 is 73.5 Å². The molecule has 15 nitrogen and oxygen atoms in total. The Morgan fingerprint density at radius 3 is 2.00 bits per heavy atom. The molecule has 0 saturated heterocycles. The van der Waals surface area contributed by atoms with E-state index in [1.807, 2.05) is 10.6 Å². The van der Waals surface area contributed by atoms with Crippen LogP contribution in [0.25, 0.3) is 0 Å². The van der Waals surface area contributed by atoms with Crippen molar-refractivity contribution in [2.45, 2.75) is 37.0 Å². The second kappa shape index (κ2) is 12.2. The number of nitrogens with two attached hydrogens (primary N) is 1. The fraction of sp³-hybridized carbons (Fsp3) is 0.500. The van der Waals surface area contributed by atoms with Gasteiger partial charge in [0.25, 0.3) is 0 Å². The molecule has 4 atom stereocenters. The first kappa shape index (κ1) is 25.5. The standard InChI is InChI=1S/C16H24N6O9/c17-8(4-23)13(27)22-11(5-24)15(29)20-9(2-12(25)26)14(28)21-10(16(30)31)1-7-3-18-6-19-7/h3,6,8-11,23-24H,1-2,4-5,17H2,(H,18,19)(H,20,29)(H,21,28)(H,22,27)(H,25,26)(H,30,31). The van der Waals surface area contributed by atoms with Crippen molar-refractivity contribution in [3.05, 3.63) is 18.2 Å². The molecule has 0 aliphatic carbocycles. The van der Waals surface area contributed by atoms with Gasteiger partial charge in [0.1, 0.15) is 24.2 Å². The van der Waals surface area contributed by atoms with Gasteiger partial charge < -0.3 is 47.1 Å². The largest absolute Gasteiger partial charge is 0.481 e. The molecule has 15 heteroatoms. The number of aliphatic hydroxyl groups is 2. The summed E-state index contributed by atoms with van der Waals surface area (Å²) in [5.74, 6) is -6.10. The summed E-state index contributed by atoms with van der Waals surface area (Å²) in [4.78, 5) is 65.4. The first-order valence-corrected chi connectivity index (χ1v) is 8.89. The lowest BCUT2D eigenvalue weighted by molar-refractivity contribution is -0.143. The average molecular weight is 444 g/mol. The van der Waals surface area contributed by atoms with E-state index >= 15 is 0 Å². The maximum atomic E-state index is 12.5. The van der Waals surface area contributed by atoms with Gasteiger partial charge in [-0.15, -0.1) is 0 Å². The van der Waals surface area contributed by atoms with Crippen LogP contribution in [-0.2, 0) is 30.4 Å². The number of aliphatic carboxylic acids is 2. The minimum Gasteiger partial charge on any atom is -0.481 e. The third-order valence-corrected chi connectivity index (χ3v) is 3.95. The monoisotopic (exact) mass is 444 g/mol. The number of carbonyl (C=O) groups excluding carboxylic acids is 3. The minimum absolute atomic E-state index is 0.191. The van der Waals surface area contributed by atoms with Gasteiger partial charge in [-0.3, -0.25) is 19.2 Å². The lowest BCUT2D eigenvalue weighted by Gasteiger charge is -2.23. The van der Waals surface area contributed by atoms with E-state index in [0.717, 1.165) is 0 Å². The van der Waals surface area contributed by atoms with Crippen LogP contribution in [0.1, 0.15) is 12.1 Å². The van der Waals surface area contributed by atoms with Crippen molar-refractivity contribution in [2.75, 3.05) is 13.2 Å². The summed E-state index contributed by atoms with van der Waals surface area (Å²) in [6, 6.07) is -6.16. The number of aromatic amines is 1. The highest BCUT2D eigenvalue weighted by atomic mass is 16.4. The van der Waals surface area contributed by atoms with Gasteiger partial charge in [0.15, 0.2) is 0 Å². The Bertz CT molecular complexity index is 785. The molecule has 1 rings (SSSR count). The number of aromatic nitrogens is 2. The number of carbonyl (C=O) groups is 5. The van der Waals surface area contributed by atoms with Crippen molar-refractivity contribution in [1.82, 2.24) is 25.9 Å². The molecule has 0 bridgehead atoms. The van der Waals surface area contributed by atoms with Gasteiger partial charge in [0, 0.05) is 18.3 Å². The maximum Gasteiger partial charge on any atom is 0.326 e. The summed E-state index contributed by atoms with van der Waals surface area (Å²) in [7, 11) is 0. The molecule has 0 radical (unpaired) electrons. The highest BCUT2D eigenvalue weighted by molar-refractivity contribution is 5.95. The van der Waals surface area contributed by atoms with E-state index in [4.69, 9.17) is 15.9 Å². The van der Waals surface area contributed by atoms with Gasteiger partial charge in [0.05, 0.1) is 26.0 Å². The molecule has 0 aliphatic heterocycles. The first-order chi connectivity index (χ1) is 14.6. The highest BCUT2D eigenvalue weighted by Crippen LogP contribution is 2.02. The van der Waals surface area contributed by atoms with Crippen molar-refractivity contribution < 1.29 is 44.4 Å². The van der Waals surface area contributed by atoms with Gasteiger partial charge in [-0.2, -0.15) is 0 Å². The zero-order valence-electron chi connectivity index (χ0n) is 16.1.